The molecule has 0 saturated heterocycles. The molecule has 0 aliphatic rings. The molecule has 116 valence electrons. The molecule has 0 unspecified atom stereocenters. The standard InChI is InChI=1S/C18H12N4O2/c23-17(12-7-10-19-11-8-12)21-14-5-3-13(4-6-14)18-22-16-15(24-18)2-1-9-20-16/h1-11H,(H,21,23). The van der Waals surface area contributed by atoms with Crippen LogP contribution in [0.2, 0.25) is 0 Å². The van der Waals surface area contributed by atoms with Gasteiger partial charge in [0.25, 0.3) is 5.91 Å². The Labute approximate surface area is 137 Å². The minimum absolute atomic E-state index is 0.184. The number of anilines is 1. The highest BCUT2D eigenvalue weighted by molar-refractivity contribution is 6.04. The van der Waals surface area contributed by atoms with Crippen LogP contribution in [0, 0.1) is 0 Å². The van der Waals surface area contributed by atoms with Crippen LogP contribution in [0.4, 0.5) is 5.69 Å². The van der Waals surface area contributed by atoms with Gasteiger partial charge in [0, 0.05) is 35.4 Å². The quantitative estimate of drug-likeness (QED) is 0.625. The Hall–Kier alpha value is -3.54. The SMILES string of the molecule is O=C(Nc1ccc(-c2nc3ncccc3o2)cc1)c1ccncc1. The van der Waals surface area contributed by atoms with Gasteiger partial charge >= 0.3 is 0 Å². The molecular formula is C18H12N4O2. The fourth-order valence-electron chi connectivity index (χ4n) is 2.30. The predicted molar refractivity (Wildman–Crippen MR) is 89.4 cm³/mol. The lowest BCUT2D eigenvalue weighted by molar-refractivity contribution is 0.102. The highest BCUT2D eigenvalue weighted by Crippen LogP contribution is 2.24. The van der Waals surface area contributed by atoms with Crippen molar-refractivity contribution in [3.05, 3.63) is 72.7 Å². The van der Waals surface area contributed by atoms with Crippen LogP contribution >= 0.6 is 0 Å². The highest BCUT2D eigenvalue weighted by Gasteiger charge is 2.09. The Morgan fingerprint density at radius 3 is 2.50 bits per heavy atom. The monoisotopic (exact) mass is 316 g/mol. The smallest absolute Gasteiger partial charge is 0.255 e. The maximum absolute atomic E-state index is 12.1. The molecule has 0 bridgehead atoms. The summed E-state index contributed by atoms with van der Waals surface area (Å²) in [4.78, 5) is 24.5. The van der Waals surface area contributed by atoms with E-state index in [4.69, 9.17) is 4.42 Å². The number of hydrogen-bond donors (Lipinski definition) is 1. The van der Waals surface area contributed by atoms with E-state index in [1.54, 1.807) is 48.9 Å². The van der Waals surface area contributed by atoms with Crippen molar-refractivity contribution in [2.75, 3.05) is 5.32 Å². The van der Waals surface area contributed by atoms with Crippen molar-refractivity contribution < 1.29 is 9.21 Å². The van der Waals surface area contributed by atoms with Gasteiger partial charge in [-0.25, -0.2) is 4.98 Å². The summed E-state index contributed by atoms with van der Waals surface area (Å²) in [6.45, 7) is 0. The third kappa shape index (κ3) is 2.72. The minimum Gasteiger partial charge on any atom is -0.434 e. The highest BCUT2D eigenvalue weighted by atomic mass is 16.3. The summed E-state index contributed by atoms with van der Waals surface area (Å²) in [5.41, 5.74) is 3.27. The Kier molecular flexibility index (Phi) is 3.47. The summed E-state index contributed by atoms with van der Waals surface area (Å²) in [6, 6.07) is 14.2. The Balaban J connectivity index is 1.55. The summed E-state index contributed by atoms with van der Waals surface area (Å²) < 4.78 is 5.68. The largest absolute Gasteiger partial charge is 0.434 e. The van der Waals surface area contributed by atoms with Crippen molar-refractivity contribution >= 4 is 22.8 Å². The van der Waals surface area contributed by atoms with Crippen molar-refractivity contribution in [3.8, 4) is 11.5 Å². The molecule has 0 aliphatic heterocycles. The molecule has 1 amide bonds. The second-order valence-electron chi connectivity index (χ2n) is 5.11. The lowest BCUT2D eigenvalue weighted by Gasteiger charge is -2.05. The molecular weight excluding hydrogens is 304 g/mol. The molecule has 0 radical (unpaired) electrons. The molecule has 0 atom stereocenters. The molecule has 0 aliphatic carbocycles. The summed E-state index contributed by atoms with van der Waals surface area (Å²) in [5.74, 6) is 0.312. The first-order valence-corrected chi connectivity index (χ1v) is 7.33. The number of nitrogens with zero attached hydrogens (tertiary/aromatic N) is 3. The van der Waals surface area contributed by atoms with Gasteiger partial charge in [-0.15, -0.1) is 0 Å². The third-order valence-corrected chi connectivity index (χ3v) is 3.50. The average Bonchev–Trinajstić information content (AvgIpc) is 3.07. The number of oxazole rings is 1. The van der Waals surface area contributed by atoms with Gasteiger partial charge in [-0.2, -0.15) is 4.98 Å². The number of carbonyl (C=O) groups is 1. The Morgan fingerprint density at radius 2 is 1.75 bits per heavy atom. The van der Waals surface area contributed by atoms with Gasteiger partial charge in [0.1, 0.15) is 0 Å². The van der Waals surface area contributed by atoms with Crippen molar-refractivity contribution in [2.24, 2.45) is 0 Å². The summed E-state index contributed by atoms with van der Waals surface area (Å²) in [6.07, 6.45) is 4.84. The first-order valence-electron chi connectivity index (χ1n) is 7.33. The molecule has 3 aromatic heterocycles. The maximum atomic E-state index is 12.1. The lowest BCUT2D eigenvalue weighted by atomic mass is 10.2. The van der Waals surface area contributed by atoms with E-state index in [9.17, 15) is 4.79 Å². The van der Waals surface area contributed by atoms with Crippen LogP contribution in [0.15, 0.2) is 71.5 Å². The first-order chi connectivity index (χ1) is 11.8. The van der Waals surface area contributed by atoms with Crippen molar-refractivity contribution in [1.82, 2.24) is 15.0 Å². The molecule has 24 heavy (non-hydrogen) atoms. The number of carbonyl (C=O) groups excluding carboxylic acids is 1. The number of benzene rings is 1. The average molecular weight is 316 g/mol. The van der Waals surface area contributed by atoms with Crippen LogP contribution in [0.5, 0.6) is 0 Å². The van der Waals surface area contributed by atoms with E-state index in [0.717, 1.165) is 5.56 Å². The molecule has 3 heterocycles. The van der Waals surface area contributed by atoms with Crippen molar-refractivity contribution in [1.29, 1.82) is 0 Å². The zero-order valence-corrected chi connectivity index (χ0v) is 12.5. The Morgan fingerprint density at radius 1 is 0.958 bits per heavy atom. The second-order valence-corrected chi connectivity index (χ2v) is 5.11. The van der Waals surface area contributed by atoms with Crippen LogP contribution < -0.4 is 5.32 Å². The number of nitrogens with one attached hydrogen (secondary N) is 1. The number of pyridine rings is 2. The second kappa shape index (κ2) is 5.92. The maximum Gasteiger partial charge on any atom is 0.255 e. The van der Waals surface area contributed by atoms with Crippen LogP contribution in [-0.2, 0) is 0 Å². The fourth-order valence-corrected chi connectivity index (χ4v) is 2.30. The molecule has 0 fully saturated rings. The van der Waals surface area contributed by atoms with Gasteiger partial charge < -0.3 is 9.73 Å². The van der Waals surface area contributed by atoms with E-state index in [1.165, 1.54) is 0 Å². The molecule has 0 spiro atoms. The van der Waals surface area contributed by atoms with Gasteiger partial charge in [-0.1, -0.05) is 0 Å². The number of rotatable bonds is 3. The summed E-state index contributed by atoms with van der Waals surface area (Å²) in [5, 5.41) is 2.83. The number of aromatic nitrogens is 3. The molecule has 1 aromatic carbocycles. The molecule has 1 N–H and O–H groups in total. The van der Waals surface area contributed by atoms with E-state index in [1.807, 2.05) is 18.2 Å². The van der Waals surface area contributed by atoms with E-state index in [-0.39, 0.29) is 5.91 Å². The predicted octanol–water partition coefficient (Wildman–Crippen LogP) is 3.54. The molecule has 6 heteroatoms. The van der Waals surface area contributed by atoms with Crippen LogP contribution in [0.25, 0.3) is 22.7 Å². The minimum atomic E-state index is -0.184. The topological polar surface area (TPSA) is 80.9 Å². The van der Waals surface area contributed by atoms with E-state index in [0.29, 0.717) is 28.4 Å². The summed E-state index contributed by atoms with van der Waals surface area (Å²) >= 11 is 0. The van der Waals surface area contributed by atoms with Gasteiger partial charge in [0.2, 0.25) is 5.89 Å². The van der Waals surface area contributed by atoms with E-state index < -0.39 is 0 Å². The number of hydrogen-bond acceptors (Lipinski definition) is 5. The van der Waals surface area contributed by atoms with Crippen molar-refractivity contribution in [2.45, 2.75) is 0 Å². The normalized spacial score (nSPS) is 10.7. The van der Waals surface area contributed by atoms with Gasteiger partial charge in [0.05, 0.1) is 0 Å². The molecule has 4 rings (SSSR count). The number of amides is 1. The van der Waals surface area contributed by atoms with Gasteiger partial charge in [-0.3, -0.25) is 9.78 Å². The van der Waals surface area contributed by atoms with Gasteiger partial charge in [0.15, 0.2) is 11.2 Å². The first kappa shape index (κ1) is 14.1. The van der Waals surface area contributed by atoms with Crippen LogP contribution in [-0.4, -0.2) is 20.9 Å². The lowest BCUT2D eigenvalue weighted by Crippen LogP contribution is -2.11. The summed E-state index contributed by atoms with van der Waals surface area (Å²) in [7, 11) is 0. The van der Waals surface area contributed by atoms with E-state index >= 15 is 0 Å². The zero-order valence-electron chi connectivity index (χ0n) is 12.5. The fraction of sp³-hybridized carbons (Fsp3) is 0. The molecule has 4 aromatic rings. The van der Waals surface area contributed by atoms with Crippen LogP contribution in [0.3, 0.4) is 0 Å². The van der Waals surface area contributed by atoms with Crippen molar-refractivity contribution in [3.63, 3.8) is 0 Å². The molecule has 6 nitrogen and oxygen atoms in total. The number of fused-ring (bicyclic) bond motifs is 1. The zero-order chi connectivity index (χ0) is 16.4. The third-order valence-electron chi connectivity index (χ3n) is 3.50. The van der Waals surface area contributed by atoms with E-state index in [2.05, 4.69) is 20.3 Å². The Bertz CT molecular complexity index is 961. The molecule has 0 saturated carbocycles. The van der Waals surface area contributed by atoms with Gasteiger partial charge in [-0.05, 0) is 48.5 Å². The van der Waals surface area contributed by atoms with Crippen LogP contribution in [0.1, 0.15) is 10.4 Å².